The van der Waals surface area contributed by atoms with Gasteiger partial charge in [0.1, 0.15) is 18.4 Å². The number of nitrogens with one attached hydrogen (secondary N) is 1. The first kappa shape index (κ1) is 21.0. The van der Waals surface area contributed by atoms with Crippen LogP contribution in [0.3, 0.4) is 0 Å². The molecule has 0 fully saturated rings. The topological polar surface area (TPSA) is 99.2 Å². The van der Waals surface area contributed by atoms with Crippen LogP contribution in [0, 0.1) is 0 Å². The minimum Gasteiger partial charge on any atom is -0.364 e. The van der Waals surface area contributed by atoms with Crippen molar-refractivity contribution in [2.75, 3.05) is 11.9 Å². The van der Waals surface area contributed by atoms with E-state index in [1.807, 2.05) is 60.7 Å². The van der Waals surface area contributed by atoms with Gasteiger partial charge in [0.25, 0.3) is 5.91 Å². The average molecular weight is 426 g/mol. The Morgan fingerprint density at radius 2 is 1.47 bits per heavy atom. The van der Waals surface area contributed by atoms with E-state index in [0.717, 1.165) is 16.8 Å². The van der Waals surface area contributed by atoms with Crippen LogP contribution in [0.25, 0.3) is 5.69 Å². The maximum absolute atomic E-state index is 12.5. The predicted octanol–water partition coefficient (Wildman–Crippen LogP) is 3.72. The van der Waals surface area contributed by atoms with Gasteiger partial charge in [0, 0.05) is 11.9 Å². The van der Waals surface area contributed by atoms with Gasteiger partial charge in [-0.3, -0.25) is 9.59 Å². The van der Waals surface area contributed by atoms with Crippen molar-refractivity contribution in [1.29, 1.82) is 0 Å². The van der Waals surface area contributed by atoms with Crippen molar-refractivity contribution < 1.29 is 14.3 Å². The van der Waals surface area contributed by atoms with Crippen LogP contribution in [0.15, 0.2) is 97.2 Å². The lowest BCUT2D eigenvalue weighted by Crippen LogP contribution is -2.20. The quantitative estimate of drug-likeness (QED) is 0.449. The van der Waals surface area contributed by atoms with Crippen molar-refractivity contribution in [1.82, 2.24) is 9.78 Å². The summed E-state index contributed by atoms with van der Waals surface area (Å²) in [7, 11) is 0. The van der Waals surface area contributed by atoms with Gasteiger partial charge in [-0.15, -0.1) is 0 Å². The second kappa shape index (κ2) is 9.72. The third-order valence-corrected chi connectivity index (χ3v) is 4.84. The third kappa shape index (κ3) is 5.08. The van der Waals surface area contributed by atoms with E-state index in [0.29, 0.717) is 5.69 Å². The summed E-state index contributed by atoms with van der Waals surface area (Å²) in [6, 6.07) is 28.2. The summed E-state index contributed by atoms with van der Waals surface area (Å²) in [5.41, 5.74) is 8.74. The third-order valence-electron chi connectivity index (χ3n) is 4.84. The molecule has 0 aliphatic heterocycles. The van der Waals surface area contributed by atoms with Crippen LogP contribution in [0.1, 0.15) is 27.7 Å². The Labute approximate surface area is 185 Å². The van der Waals surface area contributed by atoms with Crippen molar-refractivity contribution in [2.45, 2.75) is 6.10 Å². The summed E-state index contributed by atoms with van der Waals surface area (Å²) in [6.45, 7) is -0.0999. The molecule has 0 aliphatic carbocycles. The van der Waals surface area contributed by atoms with Gasteiger partial charge in [-0.05, 0) is 41.5 Å². The monoisotopic (exact) mass is 426 g/mol. The first-order valence-electron chi connectivity index (χ1n) is 10.1. The lowest BCUT2D eigenvalue weighted by molar-refractivity contribution is -0.121. The number of benzene rings is 3. The highest BCUT2D eigenvalue weighted by Gasteiger charge is 2.16. The van der Waals surface area contributed by atoms with Gasteiger partial charge in [-0.2, -0.15) is 5.10 Å². The Kier molecular flexibility index (Phi) is 6.38. The fourth-order valence-electron chi connectivity index (χ4n) is 3.29. The molecule has 160 valence electrons. The summed E-state index contributed by atoms with van der Waals surface area (Å²) < 4.78 is 7.54. The summed E-state index contributed by atoms with van der Waals surface area (Å²) in [6.07, 6.45) is 1.30. The number of carbonyl (C=O) groups is 2. The highest BCUT2D eigenvalue weighted by atomic mass is 16.5. The van der Waals surface area contributed by atoms with Gasteiger partial charge >= 0.3 is 0 Å². The SMILES string of the molecule is NC(=O)c1ccn(-c2ccc(NC(=O)COC(c3ccccc3)c3ccccc3)cc2)n1. The maximum atomic E-state index is 12.5. The standard InChI is InChI=1S/C25H22N4O3/c26-25(31)22-15-16-29(28-22)21-13-11-20(12-14-21)27-23(30)17-32-24(18-7-3-1-4-8-18)19-9-5-2-6-10-19/h1-16,24H,17H2,(H2,26,31)(H,27,30). The van der Waals surface area contributed by atoms with Gasteiger partial charge in [-0.1, -0.05) is 60.7 Å². The molecule has 0 unspecified atom stereocenters. The van der Waals surface area contributed by atoms with Crippen LogP contribution in [-0.2, 0) is 9.53 Å². The highest BCUT2D eigenvalue weighted by molar-refractivity contribution is 5.92. The molecule has 0 atom stereocenters. The first-order valence-corrected chi connectivity index (χ1v) is 10.1. The van der Waals surface area contributed by atoms with Crippen LogP contribution >= 0.6 is 0 Å². The van der Waals surface area contributed by atoms with Crippen LogP contribution in [-0.4, -0.2) is 28.2 Å². The number of amides is 2. The summed E-state index contributed by atoms with van der Waals surface area (Å²) in [5, 5.41) is 6.95. The minimum atomic E-state index is -0.586. The molecule has 4 rings (SSSR count). The Bertz CT molecular complexity index is 1150. The molecule has 7 nitrogen and oxygen atoms in total. The number of aromatic nitrogens is 2. The van der Waals surface area contributed by atoms with Crippen molar-refractivity contribution in [3.8, 4) is 5.69 Å². The lowest BCUT2D eigenvalue weighted by Gasteiger charge is -2.19. The maximum Gasteiger partial charge on any atom is 0.269 e. The molecule has 3 N–H and O–H groups in total. The van der Waals surface area contributed by atoms with Crippen LogP contribution in [0.5, 0.6) is 0 Å². The molecule has 2 amide bonds. The van der Waals surface area contributed by atoms with Crippen LogP contribution < -0.4 is 11.1 Å². The number of ether oxygens (including phenoxy) is 1. The molecule has 0 aliphatic rings. The first-order chi connectivity index (χ1) is 15.6. The Morgan fingerprint density at radius 1 is 0.875 bits per heavy atom. The minimum absolute atomic E-state index is 0.0999. The molecule has 1 aromatic heterocycles. The Hall–Kier alpha value is -4.23. The van der Waals surface area contributed by atoms with E-state index in [2.05, 4.69) is 10.4 Å². The lowest BCUT2D eigenvalue weighted by atomic mass is 10.0. The smallest absolute Gasteiger partial charge is 0.269 e. The Morgan fingerprint density at radius 3 is 2.00 bits per heavy atom. The average Bonchev–Trinajstić information content (AvgIpc) is 3.32. The van der Waals surface area contributed by atoms with E-state index in [1.54, 1.807) is 41.2 Å². The number of rotatable bonds is 8. The molecule has 4 aromatic rings. The number of primary amides is 1. The fourth-order valence-corrected chi connectivity index (χ4v) is 3.29. The summed E-state index contributed by atoms with van der Waals surface area (Å²) in [5.74, 6) is -0.846. The molecule has 32 heavy (non-hydrogen) atoms. The predicted molar refractivity (Wildman–Crippen MR) is 121 cm³/mol. The molecule has 7 heteroatoms. The Balaban J connectivity index is 1.39. The number of nitrogens with zero attached hydrogens (tertiary/aromatic N) is 2. The fraction of sp³-hybridized carbons (Fsp3) is 0.0800. The molecule has 1 heterocycles. The van der Waals surface area contributed by atoms with Crippen molar-refractivity contribution in [3.63, 3.8) is 0 Å². The van der Waals surface area contributed by atoms with E-state index in [4.69, 9.17) is 10.5 Å². The number of hydrogen-bond acceptors (Lipinski definition) is 4. The zero-order valence-electron chi connectivity index (χ0n) is 17.2. The van der Waals surface area contributed by atoms with E-state index in [1.165, 1.54) is 0 Å². The zero-order valence-corrected chi connectivity index (χ0v) is 17.2. The van der Waals surface area contributed by atoms with Gasteiger partial charge in [0.2, 0.25) is 5.91 Å². The van der Waals surface area contributed by atoms with Crippen LogP contribution in [0.4, 0.5) is 5.69 Å². The summed E-state index contributed by atoms with van der Waals surface area (Å²) in [4.78, 5) is 23.7. The molecular formula is C25H22N4O3. The van der Waals surface area contributed by atoms with E-state index >= 15 is 0 Å². The number of anilines is 1. The number of hydrogen-bond donors (Lipinski definition) is 2. The second-order valence-electron chi connectivity index (χ2n) is 7.12. The molecule has 0 radical (unpaired) electrons. The van der Waals surface area contributed by atoms with E-state index in [9.17, 15) is 9.59 Å². The van der Waals surface area contributed by atoms with E-state index < -0.39 is 5.91 Å². The second-order valence-corrected chi connectivity index (χ2v) is 7.12. The van der Waals surface area contributed by atoms with Crippen molar-refractivity contribution >= 4 is 17.5 Å². The van der Waals surface area contributed by atoms with Crippen molar-refractivity contribution in [2.24, 2.45) is 5.73 Å². The highest BCUT2D eigenvalue weighted by Crippen LogP contribution is 2.25. The molecule has 0 bridgehead atoms. The number of nitrogens with two attached hydrogens (primary N) is 1. The van der Waals surface area contributed by atoms with Gasteiger partial charge in [0.05, 0.1) is 5.69 Å². The van der Waals surface area contributed by atoms with Crippen LogP contribution in [0.2, 0.25) is 0 Å². The van der Waals surface area contributed by atoms with Crippen molar-refractivity contribution in [3.05, 3.63) is 114 Å². The molecule has 3 aromatic carbocycles. The van der Waals surface area contributed by atoms with Gasteiger partial charge in [0.15, 0.2) is 0 Å². The van der Waals surface area contributed by atoms with Gasteiger partial charge < -0.3 is 15.8 Å². The summed E-state index contributed by atoms with van der Waals surface area (Å²) >= 11 is 0. The molecule has 0 spiro atoms. The molecular weight excluding hydrogens is 404 g/mol. The van der Waals surface area contributed by atoms with E-state index in [-0.39, 0.29) is 24.3 Å². The normalized spacial score (nSPS) is 10.8. The zero-order chi connectivity index (χ0) is 22.3. The van der Waals surface area contributed by atoms with Gasteiger partial charge in [-0.25, -0.2) is 4.68 Å². The largest absolute Gasteiger partial charge is 0.364 e. The molecule has 0 saturated carbocycles. The molecule has 0 saturated heterocycles. The number of carbonyl (C=O) groups excluding carboxylic acids is 2.